The van der Waals surface area contributed by atoms with Crippen molar-refractivity contribution in [3.63, 3.8) is 0 Å². The Bertz CT molecular complexity index is 514. The van der Waals surface area contributed by atoms with Gasteiger partial charge in [0.1, 0.15) is 5.76 Å². The van der Waals surface area contributed by atoms with Crippen molar-refractivity contribution in [2.45, 2.75) is 6.10 Å². The number of rotatable bonds is 3. The largest absolute Gasteiger partial charge is 0.475 e. The second-order valence-corrected chi connectivity index (χ2v) is 3.34. The van der Waals surface area contributed by atoms with Gasteiger partial charge in [-0.2, -0.15) is 0 Å². The zero-order valence-electron chi connectivity index (χ0n) is 8.49. The van der Waals surface area contributed by atoms with Crippen LogP contribution in [-0.2, 0) is 7.05 Å². The minimum absolute atomic E-state index is 0.181. The summed E-state index contributed by atoms with van der Waals surface area (Å²) in [6.45, 7) is 0. The first kappa shape index (κ1) is 10.4. The molecule has 2 rings (SSSR count). The molecule has 2 aromatic heterocycles. The molecule has 2 heterocycles. The van der Waals surface area contributed by atoms with Crippen molar-refractivity contribution >= 4 is 5.97 Å². The summed E-state index contributed by atoms with van der Waals surface area (Å²) in [5, 5.41) is 18.6. The average Bonchev–Trinajstić information content (AvgIpc) is 2.84. The molecule has 0 bridgehead atoms. The molecule has 0 saturated heterocycles. The van der Waals surface area contributed by atoms with Gasteiger partial charge in [-0.05, 0) is 12.1 Å². The Balaban J connectivity index is 2.31. The smallest absolute Gasteiger partial charge is 0.371 e. The number of aromatic carboxylic acids is 1. The first-order valence-corrected chi connectivity index (χ1v) is 4.57. The average molecular weight is 222 g/mol. The number of aryl methyl sites for hydroxylation is 1. The minimum Gasteiger partial charge on any atom is -0.475 e. The maximum absolute atomic E-state index is 10.6. The number of carboxylic acid groups (broad SMARTS) is 1. The van der Waals surface area contributed by atoms with Crippen molar-refractivity contribution in [1.82, 2.24) is 9.55 Å². The van der Waals surface area contributed by atoms with Crippen molar-refractivity contribution in [2.75, 3.05) is 0 Å². The summed E-state index contributed by atoms with van der Waals surface area (Å²) < 4.78 is 6.63. The van der Waals surface area contributed by atoms with Gasteiger partial charge in [0, 0.05) is 7.05 Å². The van der Waals surface area contributed by atoms with Gasteiger partial charge >= 0.3 is 5.97 Å². The number of nitrogens with zero attached hydrogens (tertiary/aromatic N) is 2. The van der Waals surface area contributed by atoms with E-state index in [9.17, 15) is 9.90 Å². The predicted molar refractivity (Wildman–Crippen MR) is 52.9 cm³/mol. The van der Waals surface area contributed by atoms with Crippen LogP contribution >= 0.6 is 0 Å². The van der Waals surface area contributed by atoms with Gasteiger partial charge in [0.15, 0.2) is 6.10 Å². The molecular weight excluding hydrogens is 212 g/mol. The summed E-state index contributed by atoms with van der Waals surface area (Å²) in [5.41, 5.74) is 0.534. The number of hydrogen-bond donors (Lipinski definition) is 2. The third-order valence-corrected chi connectivity index (χ3v) is 2.24. The topological polar surface area (TPSA) is 88.5 Å². The molecule has 16 heavy (non-hydrogen) atoms. The first-order chi connectivity index (χ1) is 7.59. The van der Waals surface area contributed by atoms with Gasteiger partial charge in [-0.25, -0.2) is 9.78 Å². The van der Waals surface area contributed by atoms with Crippen LogP contribution in [0.2, 0.25) is 0 Å². The highest BCUT2D eigenvalue weighted by Crippen LogP contribution is 2.23. The Hall–Kier alpha value is -2.08. The Morgan fingerprint density at radius 1 is 1.56 bits per heavy atom. The summed E-state index contributed by atoms with van der Waals surface area (Å²) in [7, 11) is 1.73. The van der Waals surface area contributed by atoms with E-state index in [0.717, 1.165) is 0 Å². The molecule has 0 amide bonds. The van der Waals surface area contributed by atoms with Crippen molar-refractivity contribution in [2.24, 2.45) is 7.05 Å². The number of aromatic nitrogens is 2. The van der Waals surface area contributed by atoms with Gasteiger partial charge in [-0.3, -0.25) is 0 Å². The van der Waals surface area contributed by atoms with E-state index in [2.05, 4.69) is 4.98 Å². The van der Waals surface area contributed by atoms with E-state index < -0.39 is 12.1 Å². The number of hydrogen-bond acceptors (Lipinski definition) is 4. The van der Waals surface area contributed by atoms with Crippen LogP contribution in [0, 0.1) is 0 Å². The van der Waals surface area contributed by atoms with E-state index in [-0.39, 0.29) is 11.5 Å². The van der Waals surface area contributed by atoms with Gasteiger partial charge in [0.25, 0.3) is 0 Å². The number of carboxylic acids is 1. The molecule has 2 N–H and O–H groups in total. The van der Waals surface area contributed by atoms with Crippen LogP contribution in [0.25, 0.3) is 0 Å². The van der Waals surface area contributed by atoms with Crippen LogP contribution in [0.15, 0.2) is 29.1 Å². The van der Waals surface area contributed by atoms with Crippen LogP contribution in [-0.4, -0.2) is 25.7 Å². The molecule has 2 aromatic rings. The number of imidazole rings is 1. The van der Waals surface area contributed by atoms with Crippen molar-refractivity contribution in [3.05, 3.63) is 41.9 Å². The Morgan fingerprint density at radius 2 is 2.31 bits per heavy atom. The fourth-order valence-electron chi connectivity index (χ4n) is 1.39. The monoisotopic (exact) mass is 222 g/mol. The molecule has 0 aliphatic heterocycles. The molecule has 1 atom stereocenters. The van der Waals surface area contributed by atoms with Crippen LogP contribution in [0.3, 0.4) is 0 Å². The predicted octanol–water partition coefficient (Wildman–Crippen LogP) is 0.793. The molecule has 0 spiro atoms. The van der Waals surface area contributed by atoms with Gasteiger partial charge in [-0.15, -0.1) is 0 Å². The fraction of sp³-hybridized carbons (Fsp3) is 0.200. The number of carbonyl (C=O) groups is 1. The number of aliphatic hydroxyl groups excluding tert-OH is 1. The summed E-state index contributed by atoms with van der Waals surface area (Å²) in [6.07, 6.45) is 2.02. The molecule has 0 saturated carbocycles. The van der Waals surface area contributed by atoms with E-state index in [1.165, 1.54) is 18.3 Å². The molecule has 84 valence electrons. The molecule has 0 fully saturated rings. The highest BCUT2D eigenvalue weighted by molar-refractivity contribution is 5.84. The van der Waals surface area contributed by atoms with Gasteiger partial charge in [0.05, 0.1) is 18.2 Å². The van der Waals surface area contributed by atoms with E-state index in [4.69, 9.17) is 9.52 Å². The zero-order chi connectivity index (χ0) is 11.7. The van der Waals surface area contributed by atoms with Crippen LogP contribution in [0.1, 0.15) is 28.1 Å². The molecular formula is C10H10N2O4. The standard InChI is InChI=1S/C10H10N2O4/c1-12-5-11-4-6(12)9(13)7-2-3-8(16-7)10(14)15/h2-5,9,13H,1H3,(H,14,15). The lowest BCUT2D eigenvalue weighted by Gasteiger charge is -2.07. The van der Waals surface area contributed by atoms with Crippen molar-refractivity contribution in [3.8, 4) is 0 Å². The second-order valence-electron chi connectivity index (χ2n) is 3.34. The Labute approximate surface area is 90.8 Å². The third-order valence-electron chi connectivity index (χ3n) is 2.24. The van der Waals surface area contributed by atoms with Gasteiger partial charge < -0.3 is 19.2 Å². The van der Waals surface area contributed by atoms with Crippen LogP contribution in [0.5, 0.6) is 0 Å². The zero-order valence-corrected chi connectivity index (χ0v) is 8.49. The first-order valence-electron chi connectivity index (χ1n) is 4.57. The lowest BCUT2D eigenvalue weighted by molar-refractivity contribution is 0.0654. The van der Waals surface area contributed by atoms with Crippen molar-refractivity contribution in [1.29, 1.82) is 0 Å². The second kappa shape index (κ2) is 3.82. The molecule has 0 aliphatic carbocycles. The maximum Gasteiger partial charge on any atom is 0.371 e. The lowest BCUT2D eigenvalue weighted by atomic mass is 10.2. The summed E-state index contributed by atoms with van der Waals surface area (Å²) >= 11 is 0. The summed E-state index contributed by atoms with van der Waals surface area (Å²) in [5.74, 6) is -1.18. The highest BCUT2D eigenvalue weighted by Gasteiger charge is 2.19. The lowest BCUT2D eigenvalue weighted by Crippen LogP contribution is -2.04. The van der Waals surface area contributed by atoms with Gasteiger partial charge in [-0.1, -0.05) is 0 Å². The fourth-order valence-corrected chi connectivity index (χ4v) is 1.39. The molecule has 6 nitrogen and oxygen atoms in total. The molecule has 6 heteroatoms. The molecule has 0 aliphatic rings. The number of aliphatic hydroxyl groups is 1. The summed E-state index contributed by atoms with van der Waals surface area (Å²) in [6, 6.07) is 2.73. The summed E-state index contributed by atoms with van der Waals surface area (Å²) in [4.78, 5) is 14.5. The SMILES string of the molecule is Cn1cncc1C(O)c1ccc(C(=O)O)o1. The van der Waals surface area contributed by atoms with E-state index >= 15 is 0 Å². The van der Waals surface area contributed by atoms with Crippen LogP contribution < -0.4 is 0 Å². The van der Waals surface area contributed by atoms with Gasteiger partial charge in [0.2, 0.25) is 5.76 Å². The molecule has 1 unspecified atom stereocenters. The van der Waals surface area contributed by atoms with Crippen LogP contribution in [0.4, 0.5) is 0 Å². The quantitative estimate of drug-likeness (QED) is 0.801. The highest BCUT2D eigenvalue weighted by atomic mass is 16.4. The Morgan fingerprint density at radius 3 is 2.81 bits per heavy atom. The van der Waals surface area contributed by atoms with Crippen molar-refractivity contribution < 1.29 is 19.4 Å². The maximum atomic E-state index is 10.6. The molecule has 0 aromatic carbocycles. The number of furan rings is 1. The van der Waals surface area contributed by atoms with E-state index in [1.807, 2.05) is 0 Å². The van der Waals surface area contributed by atoms with E-state index in [1.54, 1.807) is 17.9 Å². The van der Waals surface area contributed by atoms with E-state index in [0.29, 0.717) is 5.69 Å². The Kier molecular flexibility index (Phi) is 2.49. The molecule has 0 radical (unpaired) electrons. The normalized spacial score (nSPS) is 12.6. The minimum atomic E-state index is -1.16. The third kappa shape index (κ3) is 1.70.